The Morgan fingerprint density at radius 3 is 2.83 bits per heavy atom. The Hall–Kier alpha value is -1.42. The van der Waals surface area contributed by atoms with Crippen LogP contribution in [0, 0.1) is 6.92 Å². The summed E-state index contributed by atoms with van der Waals surface area (Å²) in [5.74, 6) is -0.736. The number of carboxylic acid groups (broad SMARTS) is 1. The third-order valence-electron chi connectivity index (χ3n) is 3.15. The molecule has 1 atom stereocenters. The molecule has 1 aromatic heterocycles. The van der Waals surface area contributed by atoms with Crippen LogP contribution < -0.4 is 4.57 Å². The Morgan fingerprint density at radius 2 is 2.17 bits per heavy atom. The molecule has 18 heavy (non-hydrogen) atoms. The zero-order valence-electron chi connectivity index (χ0n) is 10.7. The maximum Gasteiger partial charge on any atom is 0.373 e. The van der Waals surface area contributed by atoms with Crippen LogP contribution >= 0.6 is 11.3 Å². The van der Waals surface area contributed by atoms with Gasteiger partial charge >= 0.3 is 5.97 Å². The van der Waals surface area contributed by atoms with Crippen LogP contribution in [0.3, 0.4) is 0 Å². The SMILES string of the molecule is CCCCC(C(=O)O)[n+]1c(C)sc2ccccc21. The molecule has 1 unspecified atom stereocenters. The van der Waals surface area contributed by atoms with Gasteiger partial charge in [-0.2, -0.15) is 4.57 Å². The van der Waals surface area contributed by atoms with Crippen molar-refractivity contribution in [2.75, 3.05) is 0 Å². The summed E-state index contributed by atoms with van der Waals surface area (Å²) in [6.45, 7) is 4.08. The van der Waals surface area contributed by atoms with E-state index in [-0.39, 0.29) is 0 Å². The quantitative estimate of drug-likeness (QED) is 0.842. The first-order chi connectivity index (χ1) is 8.65. The Kier molecular flexibility index (Phi) is 3.97. The van der Waals surface area contributed by atoms with E-state index in [1.807, 2.05) is 35.8 Å². The third kappa shape index (κ3) is 2.38. The molecule has 0 spiro atoms. The molecular weight excluding hydrogens is 246 g/mol. The van der Waals surface area contributed by atoms with Crippen molar-refractivity contribution in [3.63, 3.8) is 0 Å². The molecular formula is C14H18NO2S+. The topological polar surface area (TPSA) is 41.2 Å². The smallest absolute Gasteiger partial charge is 0.373 e. The normalized spacial score (nSPS) is 12.8. The number of hydrogen-bond donors (Lipinski definition) is 1. The number of aryl methyl sites for hydroxylation is 1. The van der Waals surface area contributed by atoms with Gasteiger partial charge in [-0.1, -0.05) is 36.8 Å². The molecule has 3 nitrogen and oxygen atoms in total. The van der Waals surface area contributed by atoms with E-state index in [1.54, 1.807) is 11.3 Å². The van der Waals surface area contributed by atoms with Gasteiger partial charge in [-0.15, -0.1) is 0 Å². The molecule has 2 rings (SSSR count). The van der Waals surface area contributed by atoms with Crippen LogP contribution in [0.25, 0.3) is 10.2 Å². The van der Waals surface area contributed by atoms with Gasteiger partial charge in [-0.3, -0.25) is 0 Å². The van der Waals surface area contributed by atoms with E-state index in [9.17, 15) is 9.90 Å². The standard InChI is InChI=1S/C14H17NO2S/c1-3-4-7-12(14(16)17)15-10(2)18-13-9-6-5-8-11(13)15/h5-6,8-9,12H,3-4,7H2,1-2H3/p+1. The van der Waals surface area contributed by atoms with Crippen LogP contribution in [-0.2, 0) is 4.79 Å². The fraction of sp³-hybridized carbons (Fsp3) is 0.429. The number of unbranched alkanes of at least 4 members (excludes halogenated alkanes) is 1. The van der Waals surface area contributed by atoms with Gasteiger partial charge in [0.15, 0.2) is 0 Å². The molecule has 2 aromatic rings. The number of aliphatic carboxylic acids is 1. The molecule has 0 radical (unpaired) electrons. The fourth-order valence-corrected chi connectivity index (χ4v) is 3.33. The summed E-state index contributed by atoms with van der Waals surface area (Å²) >= 11 is 1.66. The van der Waals surface area contributed by atoms with Crippen molar-refractivity contribution in [1.29, 1.82) is 0 Å². The minimum absolute atomic E-state index is 0.443. The van der Waals surface area contributed by atoms with Gasteiger partial charge in [0.05, 0.1) is 0 Å². The summed E-state index contributed by atoms with van der Waals surface area (Å²) in [5.41, 5.74) is 1.03. The first kappa shape index (κ1) is 13.0. The van der Waals surface area contributed by atoms with E-state index >= 15 is 0 Å². The fourth-order valence-electron chi connectivity index (χ4n) is 2.27. The van der Waals surface area contributed by atoms with Crippen LogP contribution in [0.15, 0.2) is 24.3 Å². The van der Waals surface area contributed by atoms with Crippen LogP contribution in [0.4, 0.5) is 0 Å². The van der Waals surface area contributed by atoms with Crippen molar-refractivity contribution in [2.24, 2.45) is 0 Å². The first-order valence-electron chi connectivity index (χ1n) is 6.27. The highest BCUT2D eigenvalue weighted by molar-refractivity contribution is 7.18. The summed E-state index contributed by atoms with van der Waals surface area (Å²) in [5, 5.41) is 10.5. The van der Waals surface area contributed by atoms with E-state index < -0.39 is 12.0 Å². The molecule has 96 valence electrons. The average molecular weight is 264 g/mol. The Balaban J connectivity index is 2.49. The van der Waals surface area contributed by atoms with Crippen LogP contribution in [0.1, 0.15) is 37.2 Å². The number of carbonyl (C=O) groups is 1. The number of thiazole rings is 1. The lowest BCUT2D eigenvalue weighted by Crippen LogP contribution is -2.45. The van der Waals surface area contributed by atoms with Gasteiger partial charge in [-0.05, 0) is 12.5 Å². The molecule has 1 heterocycles. The van der Waals surface area contributed by atoms with Crippen LogP contribution in [0.5, 0.6) is 0 Å². The van der Waals surface area contributed by atoms with E-state index in [0.29, 0.717) is 6.42 Å². The lowest BCUT2D eigenvalue weighted by Gasteiger charge is -2.07. The monoisotopic (exact) mass is 264 g/mol. The van der Waals surface area contributed by atoms with E-state index in [0.717, 1.165) is 28.1 Å². The van der Waals surface area contributed by atoms with E-state index in [4.69, 9.17) is 0 Å². The average Bonchev–Trinajstić information content (AvgIpc) is 2.66. The van der Waals surface area contributed by atoms with Crippen LogP contribution in [0.2, 0.25) is 0 Å². The van der Waals surface area contributed by atoms with Crippen molar-refractivity contribution in [3.05, 3.63) is 29.3 Å². The van der Waals surface area contributed by atoms with Gasteiger partial charge in [0.1, 0.15) is 4.70 Å². The van der Waals surface area contributed by atoms with Crippen molar-refractivity contribution in [3.8, 4) is 0 Å². The molecule has 4 heteroatoms. The Morgan fingerprint density at radius 1 is 1.44 bits per heavy atom. The molecule has 0 amide bonds. The second-order valence-electron chi connectivity index (χ2n) is 4.46. The van der Waals surface area contributed by atoms with Crippen molar-refractivity contribution >= 4 is 27.5 Å². The number of benzene rings is 1. The van der Waals surface area contributed by atoms with E-state index in [2.05, 4.69) is 6.92 Å². The summed E-state index contributed by atoms with van der Waals surface area (Å²) in [6, 6.07) is 7.55. The predicted molar refractivity (Wildman–Crippen MR) is 73.0 cm³/mol. The largest absolute Gasteiger partial charge is 0.476 e. The molecule has 0 saturated carbocycles. The summed E-state index contributed by atoms with van der Waals surface area (Å²) in [4.78, 5) is 11.5. The maximum atomic E-state index is 11.5. The number of nitrogens with zero attached hydrogens (tertiary/aromatic N) is 1. The predicted octanol–water partition coefficient (Wildman–Crippen LogP) is 3.31. The highest BCUT2D eigenvalue weighted by Gasteiger charge is 2.32. The third-order valence-corrected chi connectivity index (χ3v) is 4.21. The number of rotatable bonds is 5. The lowest BCUT2D eigenvalue weighted by atomic mass is 10.1. The van der Waals surface area contributed by atoms with E-state index in [1.165, 1.54) is 0 Å². The Bertz CT molecular complexity index is 562. The highest BCUT2D eigenvalue weighted by Crippen LogP contribution is 2.23. The minimum atomic E-state index is -0.736. The van der Waals surface area contributed by atoms with Crippen molar-refractivity contribution in [2.45, 2.75) is 39.2 Å². The minimum Gasteiger partial charge on any atom is -0.476 e. The maximum absolute atomic E-state index is 11.5. The highest BCUT2D eigenvalue weighted by atomic mass is 32.1. The number of carboxylic acids is 1. The van der Waals surface area contributed by atoms with Crippen LogP contribution in [-0.4, -0.2) is 11.1 Å². The molecule has 0 aliphatic carbocycles. The second-order valence-corrected chi connectivity index (χ2v) is 5.69. The Labute approximate surface area is 111 Å². The summed E-state index contributed by atoms with van der Waals surface area (Å²) in [6.07, 6.45) is 2.65. The lowest BCUT2D eigenvalue weighted by molar-refractivity contribution is -0.688. The number of hydrogen-bond acceptors (Lipinski definition) is 2. The zero-order chi connectivity index (χ0) is 13.1. The molecule has 1 N–H and O–H groups in total. The molecule has 0 saturated heterocycles. The van der Waals surface area contributed by atoms with Crippen molar-refractivity contribution < 1.29 is 14.5 Å². The first-order valence-corrected chi connectivity index (χ1v) is 7.09. The molecule has 0 aliphatic heterocycles. The van der Waals surface area contributed by atoms with Gasteiger partial charge < -0.3 is 5.11 Å². The number of para-hydroxylation sites is 1. The van der Waals surface area contributed by atoms with Gasteiger partial charge in [-0.25, -0.2) is 4.79 Å². The number of aromatic nitrogens is 1. The molecule has 0 aliphatic rings. The van der Waals surface area contributed by atoms with Crippen molar-refractivity contribution in [1.82, 2.24) is 0 Å². The molecule has 1 aromatic carbocycles. The van der Waals surface area contributed by atoms with Gasteiger partial charge in [0.2, 0.25) is 10.5 Å². The summed E-state index contributed by atoms with van der Waals surface area (Å²) in [7, 11) is 0. The van der Waals surface area contributed by atoms with Gasteiger partial charge in [0, 0.05) is 19.4 Å². The van der Waals surface area contributed by atoms with Gasteiger partial charge in [0.25, 0.3) is 6.04 Å². The molecule has 0 fully saturated rings. The number of fused-ring (bicyclic) bond motifs is 1. The summed E-state index contributed by atoms with van der Waals surface area (Å²) < 4.78 is 3.12. The second kappa shape index (κ2) is 5.48. The molecule has 0 bridgehead atoms. The zero-order valence-corrected chi connectivity index (χ0v) is 11.5.